The van der Waals surface area contributed by atoms with Crippen LogP contribution in [0.2, 0.25) is 5.02 Å². The Labute approximate surface area is 245 Å². The highest BCUT2D eigenvalue weighted by Gasteiger charge is 2.27. The maximum absolute atomic E-state index is 13.4. The summed E-state index contributed by atoms with van der Waals surface area (Å²) >= 11 is 9.34. The molecule has 0 saturated heterocycles. The van der Waals surface area contributed by atoms with Gasteiger partial charge in [0.1, 0.15) is 6.54 Å². The van der Waals surface area contributed by atoms with Crippen LogP contribution in [0.3, 0.4) is 0 Å². The number of sulfonamides is 1. The Hall–Kier alpha value is -3.99. The number of nitrogens with one attached hydrogen (secondary N) is 2. The summed E-state index contributed by atoms with van der Waals surface area (Å²) in [5.74, 6) is -0.959. The molecule has 4 aromatic carbocycles. The predicted molar refractivity (Wildman–Crippen MR) is 161 cm³/mol. The average Bonchev–Trinajstić information content (AvgIpc) is 2.95. The molecule has 2 amide bonds. The van der Waals surface area contributed by atoms with Crippen LogP contribution in [-0.4, -0.2) is 32.5 Å². The van der Waals surface area contributed by atoms with Crippen molar-refractivity contribution in [2.24, 2.45) is 5.10 Å². The van der Waals surface area contributed by atoms with E-state index in [1.165, 1.54) is 12.1 Å². The number of hydrazone groups is 1. The zero-order valence-corrected chi connectivity index (χ0v) is 24.4. The third-order valence-electron chi connectivity index (χ3n) is 5.69. The Morgan fingerprint density at radius 3 is 2.30 bits per heavy atom. The lowest BCUT2D eigenvalue weighted by Crippen LogP contribution is -2.39. The number of halogens is 2. The van der Waals surface area contributed by atoms with Gasteiger partial charge in [-0.25, -0.2) is 13.8 Å². The Balaban J connectivity index is 1.50. The van der Waals surface area contributed by atoms with Gasteiger partial charge in [-0.1, -0.05) is 70.0 Å². The van der Waals surface area contributed by atoms with Crippen molar-refractivity contribution in [1.82, 2.24) is 5.43 Å². The SMILES string of the molecule is C/C(=N\NC(=O)CN(c1cccc(Br)c1)S(=O)(=O)c1ccccc1)c1cccc(NC(=O)c2cccc(Cl)c2)c1. The summed E-state index contributed by atoms with van der Waals surface area (Å²) in [7, 11) is -4.04. The van der Waals surface area contributed by atoms with E-state index >= 15 is 0 Å². The monoisotopic (exact) mass is 638 g/mol. The van der Waals surface area contributed by atoms with E-state index in [2.05, 4.69) is 31.8 Å². The van der Waals surface area contributed by atoms with Crippen LogP contribution in [0.4, 0.5) is 11.4 Å². The third kappa shape index (κ3) is 7.35. The minimum absolute atomic E-state index is 0.0547. The van der Waals surface area contributed by atoms with Crippen LogP contribution in [0.25, 0.3) is 0 Å². The molecular weight excluding hydrogens is 616 g/mol. The van der Waals surface area contributed by atoms with Gasteiger partial charge in [-0.15, -0.1) is 0 Å². The van der Waals surface area contributed by atoms with E-state index in [4.69, 9.17) is 11.6 Å². The van der Waals surface area contributed by atoms with E-state index in [9.17, 15) is 18.0 Å². The molecule has 0 heterocycles. The maximum atomic E-state index is 13.4. The maximum Gasteiger partial charge on any atom is 0.264 e. The van der Waals surface area contributed by atoms with Crippen LogP contribution in [0.5, 0.6) is 0 Å². The number of hydrogen-bond donors (Lipinski definition) is 2. The molecule has 0 bridgehead atoms. The molecule has 0 aliphatic carbocycles. The summed E-state index contributed by atoms with van der Waals surface area (Å²) in [6.45, 7) is 1.19. The second-order valence-corrected chi connectivity index (χ2v) is 11.8. The zero-order valence-electron chi connectivity index (χ0n) is 21.2. The van der Waals surface area contributed by atoms with Crippen molar-refractivity contribution in [1.29, 1.82) is 0 Å². The van der Waals surface area contributed by atoms with Crippen molar-refractivity contribution < 1.29 is 18.0 Å². The van der Waals surface area contributed by atoms with Crippen LogP contribution >= 0.6 is 27.5 Å². The molecule has 204 valence electrons. The van der Waals surface area contributed by atoms with Gasteiger partial charge >= 0.3 is 0 Å². The standard InChI is InChI=1S/C29H24BrClN4O4S/c1-20(21-8-6-12-25(17-21)32-29(37)22-9-5-11-24(31)16-22)33-34-28(36)19-35(26-13-7-10-23(30)18-26)40(38,39)27-14-3-2-4-15-27/h2-18H,19H2,1H3,(H,32,37)(H,34,36)/b33-20+. The molecule has 0 atom stereocenters. The number of benzene rings is 4. The van der Waals surface area contributed by atoms with Gasteiger partial charge < -0.3 is 5.32 Å². The van der Waals surface area contributed by atoms with Crippen molar-refractivity contribution in [2.75, 3.05) is 16.2 Å². The molecular formula is C29H24BrClN4O4S. The number of hydrogen-bond acceptors (Lipinski definition) is 5. The predicted octanol–water partition coefficient (Wildman–Crippen LogP) is 6.09. The first-order valence-corrected chi connectivity index (χ1v) is 14.6. The summed E-state index contributed by atoms with van der Waals surface area (Å²) in [5.41, 5.74) is 4.79. The van der Waals surface area contributed by atoms with E-state index in [0.717, 1.165) is 4.31 Å². The lowest BCUT2D eigenvalue weighted by molar-refractivity contribution is -0.119. The summed E-state index contributed by atoms with van der Waals surface area (Å²) in [4.78, 5) is 25.5. The normalized spacial score (nSPS) is 11.5. The highest BCUT2D eigenvalue weighted by Crippen LogP contribution is 2.26. The summed E-state index contributed by atoms with van der Waals surface area (Å²) in [5, 5.41) is 7.42. The van der Waals surface area contributed by atoms with Gasteiger partial charge in [0.05, 0.1) is 16.3 Å². The van der Waals surface area contributed by atoms with Crippen LogP contribution in [0.1, 0.15) is 22.8 Å². The van der Waals surface area contributed by atoms with Crippen molar-refractivity contribution in [3.05, 3.63) is 124 Å². The molecule has 2 N–H and O–H groups in total. The molecule has 0 spiro atoms. The number of carbonyl (C=O) groups excluding carboxylic acids is 2. The van der Waals surface area contributed by atoms with Gasteiger partial charge in [-0.2, -0.15) is 5.10 Å². The van der Waals surface area contributed by atoms with Crippen molar-refractivity contribution in [3.63, 3.8) is 0 Å². The second kappa shape index (κ2) is 12.9. The van der Waals surface area contributed by atoms with E-state index < -0.39 is 22.5 Å². The molecule has 0 aliphatic heterocycles. The first-order chi connectivity index (χ1) is 19.1. The molecule has 0 aliphatic rings. The fourth-order valence-electron chi connectivity index (χ4n) is 3.70. The third-order valence-corrected chi connectivity index (χ3v) is 8.20. The molecule has 4 rings (SSSR count). The number of amides is 2. The van der Waals surface area contributed by atoms with E-state index in [-0.39, 0.29) is 10.8 Å². The minimum Gasteiger partial charge on any atom is -0.322 e. The van der Waals surface area contributed by atoms with E-state index in [1.54, 1.807) is 97.9 Å². The summed E-state index contributed by atoms with van der Waals surface area (Å²) in [6, 6.07) is 28.1. The quantitative estimate of drug-likeness (QED) is 0.171. The molecule has 0 saturated carbocycles. The number of nitrogens with zero attached hydrogens (tertiary/aromatic N) is 2. The smallest absolute Gasteiger partial charge is 0.264 e. The first kappa shape index (κ1) is 29.0. The number of rotatable bonds is 9. The highest BCUT2D eigenvalue weighted by molar-refractivity contribution is 9.10. The highest BCUT2D eigenvalue weighted by atomic mass is 79.9. The first-order valence-electron chi connectivity index (χ1n) is 12.0. The number of anilines is 2. The van der Waals surface area contributed by atoms with Crippen molar-refractivity contribution in [3.8, 4) is 0 Å². The Morgan fingerprint density at radius 1 is 0.875 bits per heavy atom. The van der Waals surface area contributed by atoms with Crippen LogP contribution in [-0.2, 0) is 14.8 Å². The van der Waals surface area contributed by atoms with Gasteiger partial charge in [-0.05, 0) is 73.2 Å². The summed E-state index contributed by atoms with van der Waals surface area (Å²) in [6.07, 6.45) is 0. The number of carbonyl (C=O) groups is 2. The molecule has 0 unspecified atom stereocenters. The van der Waals surface area contributed by atoms with Gasteiger partial charge in [0.25, 0.3) is 21.8 Å². The minimum atomic E-state index is -4.04. The molecule has 0 fully saturated rings. The largest absolute Gasteiger partial charge is 0.322 e. The van der Waals surface area contributed by atoms with Crippen LogP contribution in [0, 0.1) is 0 Å². The van der Waals surface area contributed by atoms with Gasteiger partial charge in [0.15, 0.2) is 0 Å². The summed E-state index contributed by atoms with van der Waals surface area (Å²) < 4.78 is 28.6. The van der Waals surface area contributed by atoms with Crippen LogP contribution < -0.4 is 15.0 Å². The Morgan fingerprint density at radius 2 is 1.57 bits per heavy atom. The van der Waals surface area contributed by atoms with Crippen molar-refractivity contribution >= 4 is 66.5 Å². The Kier molecular flexibility index (Phi) is 9.36. The molecule has 8 nitrogen and oxygen atoms in total. The molecule has 0 aromatic heterocycles. The fourth-order valence-corrected chi connectivity index (χ4v) is 5.71. The van der Waals surface area contributed by atoms with E-state index in [0.29, 0.717) is 37.7 Å². The van der Waals surface area contributed by atoms with Gasteiger partial charge in [0, 0.05) is 20.7 Å². The lowest BCUT2D eigenvalue weighted by Gasteiger charge is -2.24. The average molecular weight is 640 g/mol. The molecule has 4 aromatic rings. The molecule has 11 heteroatoms. The molecule has 0 radical (unpaired) electrons. The molecule has 40 heavy (non-hydrogen) atoms. The van der Waals surface area contributed by atoms with Gasteiger partial charge in [-0.3, -0.25) is 13.9 Å². The zero-order chi connectivity index (χ0) is 28.7. The lowest BCUT2D eigenvalue weighted by atomic mass is 10.1. The van der Waals surface area contributed by atoms with Crippen LogP contribution in [0.15, 0.2) is 118 Å². The van der Waals surface area contributed by atoms with Crippen molar-refractivity contribution in [2.45, 2.75) is 11.8 Å². The Bertz CT molecular complexity index is 1680. The second-order valence-electron chi connectivity index (χ2n) is 8.58. The fraction of sp³-hybridized carbons (Fsp3) is 0.0690. The van der Waals surface area contributed by atoms with E-state index in [1.807, 2.05) is 0 Å². The van der Waals surface area contributed by atoms with Gasteiger partial charge in [0.2, 0.25) is 0 Å². The topological polar surface area (TPSA) is 108 Å².